The number of cyclic esters (lactones) is 1. The van der Waals surface area contributed by atoms with Crippen molar-refractivity contribution in [2.24, 2.45) is 11.8 Å². The maximum atomic E-state index is 12.3. The second kappa shape index (κ2) is 17.8. The van der Waals surface area contributed by atoms with Gasteiger partial charge in [0.25, 0.3) is 0 Å². The first-order valence-electron chi connectivity index (χ1n) is 12.6. The van der Waals surface area contributed by atoms with Crippen LogP contribution in [-0.4, -0.2) is 60.9 Å². The zero-order valence-corrected chi connectivity index (χ0v) is 22.5. The van der Waals surface area contributed by atoms with Crippen molar-refractivity contribution >= 4 is 5.97 Å². The van der Waals surface area contributed by atoms with Gasteiger partial charge in [0.2, 0.25) is 0 Å². The Kier molecular flexibility index (Phi) is 15.6. The van der Waals surface area contributed by atoms with Gasteiger partial charge in [-0.3, -0.25) is 0 Å². The third-order valence-electron chi connectivity index (χ3n) is 5.92. The number of carbonyl (C=O) groups is 1. The van der Waals surface area contributed by atoms with Crippen LogP contribution in [0.2, 0.25) is 0 Å². The van der Waals surface area contributed by atoms with E-state index in [0.29, 0.717) is 6.42 Å². The van der Waals surface area contributed by atoms with Crippen LogP contribution >= 0.6 is 0 Å². The summed E-state index contributed by atoms with van der Waals surface area (Å²) in [7, 11) is 3.12. The smallest absolute Gasteiger partial charge is 0.331 e. The molecule has 0 bridgehead atoms. The molecule has 0 spiro atoms. The number of methoxy groups -OCH3 is 2. The Morgan fingerprint density at radius 1 is 0.944 bits per heavy atom. The van der Waals surface area contributed by atoms with Crippen molar-refractivity contribution in [1.29, 1.82) is 0 Å². The summed E-state index contributed by atoms with van der Waals surface area (Å²) in [5.41, 5.74) is 0.908. The fourth-order valence-electron chi connectivity index (χ4n) is 3.56. The number of rotatable bonds is 4. The van der Waals surface area contributed by atoms with Crippen LogP contribution in [0, 0.1) is 11.8 Å². The van der Waals surface area contributed by atoms with Crippen molar-refractivity contribution in [2.45, 2.75) is 71.1 Å². The summed E-state index contributed by atoms with van der Waals surface area (Å²) in [6, 6.07) is 0. The molecule has 6 nitrogen and oxygen atoms in total. The van der Waals surface area contributed by atoms with Gasteiger partial charge in [-0.2, -0.15) is 0 Å². The van der Waals surface area contributed by atoms with Crippen LogP contribution in [0.5, 0.6) is 0 Å². The van der Waals surface area contributed by atoms with Crippen LogP contribution in [-0.2, 0) is 19.0 Å². The molecule has 1 heterocycles. The molecule has 0 aliphatic carbocycles. The highest BCUT2D eigenvalue weighted by molar-refractivity contribution is 5.82. The molecule has 7 atom stereocenters. The highest BCUT2D eigenvalue weighted by Crippen LogP contribution is 2.18. The molecule has 0 fully saturated rings. The van der Waals surface area contributed by atoms with Crippen molar-refractivity contribution in [2.75, 3.05) is 14.2 Å². The van der Waals surface area contributed by atoms with Gasteiger partial charge in [0.05, 0.1) is 12.2 Å². The third-order valence-corrected chi connectivity index (χ3v) is 5.92. The second-order valence-electron chi connectivity index (χ2n) is 8.97. The third kappa shape index (κ3) is 12.0. The van der Waals surface area contributed by atoms with Gasteiger partial charge in [-0.05, 0) is 19.4 Å². The average molecular weight is 501 g/mol. The van der Waals surface area contributed by atoms with E-state index in [0.717, 1.165) is 12.0 Å². The Morgan fingerprint density at radius 3 is 2.33 bits per heavy atom. The Labute approximate surface area is 217 Å². The van der Waals surface area contributed by atoms with Gasteiger partial charge < -0.3 is 24.4 Å². The van der Waals surface area contributed by atoms with Crippen LogP contribution in [0.3, 0.4) is 0 Å². The summed E-state index contributed by atoms with van der Waals surface area (Å²) in [6.45, 7) is 7.81. The normalized spacial score (nSPS) is 31.6. The zero-order valence-electron chi connectivity index (χ0n) is 22.5. The highest BCUT2D eigenvalue weighted by Gasteiger charge is 2.28. The number of allylic oxidation sites excluding steroid dienone is 7. The van der Waals surface area contributed by atoms with Gasteiger partial charge in [0.15, 0.2) is 0 Å². The minimum Gasteiger partial charge on any atom is -0.455 e. The Hall–Kier alpha value is -2.51. The molecule has 200 valence electrons. The van der Waals surface area contributed by atoms with Crippen molar-refractivity contribution < 1.29 is 29.2 Å². The van der Waals surface area contributed by atoms with Gasteiger partial charge in [0, 0.05) is 38.6 Å². The molecule has 36 heavy (non-hydrogen) atoms. The lowest BCUT2D eigenvalue weighted by molar-refractivity contribution is -0.140. The number of aliphatic hydroxyl groups is 2. The summed E-state index contributed by atoms with van der Waals surface area (Å²) < 4.78 is 16.6. The van der Waals surface area contributed by atoms with E-state index in [1.54, 1.807) is 31.4 Å². The zero-order chi connectivity index (χ0) is 26.9. The number of hydrogen-bond donors (Lipinski definition) is 2. The summed E-state index contributed by atoms with van der Waals surface area (Å²) in [6.07, 6.45) is 21.7. The standard InChI is InChI=1S/C30H44O6/c1-7-8-15-25-16-10-9-11-17-27(35-6)30(33)29(32)24(4)19-20-26(34-5)23(3)14-12-13-22(2)18-21-28(31)36-25/h8-15,17-21,23-27,29-30,32-33H,7,16H2,1-6H3. The molecule has 1 aliphatic heterocycles. The number of esters is 1. The molecule has 6 heteroatoms. The Bertz CT molecular complexity index is 848. The van der Waals surface area contributed by atoms with E-state index in [-0.39, 0.29) is 24.0 Å². The minimum atomic E-state index is -1.11. The van der Waals surface area contributed by atoms with Crippen molar-refractivity contribution in [3.05, 3.63) is 84.6 Å². The lowest BCUT2D eigenvalue weighted by Gasteiger charge is -2.27. The first-order valence-corrected chi connectivity index (χ1v) is 12.6. The minimum absolute atomic E-state index is 0.0592. The second-order valence-corrected chi connectivity index (χ2v) is 8.97. The summed E-state index contributed by atoms with van der Waals surface area (Å²) >= 11 is 0. The molecular formula is C30H44O6. The van der Waals surface area contributed by atoms with Gasteiger partial charge in [-0.25, -0.2) is 4.79 Å². The number of aliphatic hydroxyl groups excluding tert-OH is 2. The van der Waals surface area contributed by atoms with E-state index in [4.69, 9.17) is 14.2 Å². The van der Waals surface area contributed by atoms with E-state index in [1.807, 2.05) is 76.3 Å². The molecule has 1 rings (SSSR count). The summed E-state index contributed by atoms with van der Waals surface area (Å²) in [5, 5.41) is 21.4. The number of carbonyl (C=O) groups excluding carboxylic acids is 1. The van der Waals surface area contributed by atoms with E-state index < -0.39 is 24.3 Å². The van der Waals surface area contributed by atoms with Crippen LogP contribution in [0.15, 0.2) is 84.6 Å². The van der Waals surface area contributed by atoms with Crippen molar-refractivity contribution in [3.63, 3.8) is 0 Å². The predicted octanol–water partition coefficient (Wildman–Crippen LogP) is 5.02. The SMILES string of the molecule is CCC=CC1CC=CC=CC(OC)C(O)C(O)C(C)C=CC(OC)C(C)C=CC=C(C)C=CC(=O)O1. The van der Waals surface area contributed by atoms with Gasteiger partial charge >= 0.3 is 5.97 Å². The predicted molar refractivity (Wildman–Crippen MR) is 145 cm³/mol. The quantitative estimate of drug-likeness (QED) is 0.417. The Balaban J connectivity index is 3.24. The molecule has 0 aromatic carbocycles. The van der Waals surface area contributed by atoms with E-state index in [9.17, 15) is 15.0 Å². The maximum absolute atomic E-state index is 12.3. The maximum Gasteiger partial charge on any atom is 0.331 e. The highest BCUT2D eigenvalue weighted by atomic mass is 16.5. The van der Waals surface area contributed by atoms with E-state index >= 15 is 0 Å². The molecule has 0 amide bonds. The van der Waals surface area contributed by atoms with E-state index in [1.165, 1.54) is 13.2 Å². The molecule has 0 saturated heterocycles. The fourth-order valence-corrected chi connectivity index (χ4v) is 3.56. The first-order chi connectivity index (χ1) is 17.2. The molecule has 2 N–H and O–H groups in total. The average Bonchev–Trinajstić information content (AvgIpc) is 2.86. The summed E-state index contributed by atoms with van der Waals surface area (Å²) in [5.74, 6) is -0.669. The number of hydrogen-bond acceptors (Lipinski definition) is 6. The molecule has 0 radical (unpaired) electrons. The lowest BCUT2D eigenvalue weighted by atomic mass is 9.94. The molecule has 1 aliphatic rings. The van der Waals surface area contributed by atoms with Crippen molar-refractivity contribution in [1.82, 2.24) is 0 Å². The molecule has 0 saturated carbocycles. The lowest BCUT2D eigenvalue weighted by Crippen LogP contribution is -2.40. The molecule has 0 aromatic heterocycles. The molecule has 7 unspecified atom stereocenters. The molecular weight excluding hydrogens is 456 g/mol. The van der Waals surface area contributed by atoms with Crippen molar-refractivity contribution in [3.8, 4) is 0 Å². The Morgan fingerprint density at radius 2 is 1.67 bits per heavy atom. The number of ether oxygens (including phenoxy) is 3. The topological polar surface area (TPSA) is 85.2 Å². The largest absolute Gasteiger partial charge is 0.455 e. The summed E-state index contributed by atoms with van der Waals surface area (Å²) in [4.78, 5) is 12.3. The first kappa shape index (κ1) is 31.5. The molecule has 0 aromatic rings. The van der Waals surface area contributed by atoms with Crippen LogP contribution in [0.1, 0.15) is 40.5 Å². The van der Waals surface area contributed by atoms with Gasteiger partial charge in [-0.15, -0.1) is 0 Å². The van der Waals surface area contributed by atoms with Gasteiger partial charge in [0.1, 0.15) is 18.3 Å². The van der Waals surface area contributed by atoms with Gasteiger partial charge in [-0.1, -0.05) is 93.2 Å². The van der Waals surface area contributed by atoms with Crippen LogP contribution < -0.4 is 0 Å². The van der Waals surface area contributed by atoms with Crippen LogP contribution in [0.4, 0.5) is 0 Å². The van der Waals surface area contributed by atoms with E-state index in [2.05, 4.69) is 0 Å². The fraction of sp³-hybridized carbons (Fsp3) is 0.500. The monoisotopic (exact) mass is 500 g/mol. The van der Waals surface area contributed by atoms with Crippen LogP contribution in [0.25, 0.3) is 0 Å².